The van der Waals surface area contributed by atoms with E-state index in [2.05, 4.69) is 22.6 Å². The minimum atomic E-state index is 0.235. The molecule has 1 heterocycles. The molecular weight excluding hydrogens is 250 g/mol. The van der Waals surface area contributed by atoms with Crippen LogP contribution in [0.2, 0.25) is 0 Å². The SMILES string of the molecule is Oc1ccccc1C=NN1CNCC1c1ccccc1. The highest BCUT2D eigenvalue weighted by atomic mass is 16.3. The molecule has 4 heteroatoms. The highest BCUT2D eigenvalue weighted by Gasteiger charge is 2.23. The lowest BCUT2D eigenvalue weighted by atomic mass is 10.1. The van der Waals surface area contributed by atoms with Gasteiger partial charge in [0.15, 0.2) is 0 Å². The third-order valence-electron chi connectivity index (χ3n) is 3.44. The van der Waals surface area contributed by atoms with Crippen molar-refractivity contribution >= 4 is 6.21 Å². The summed E-state index contributed by atoms with van der Waals surface area (Å²) in [6, 6.07) is 17.8. The van der Waals surface area contributed by atoms with Crippen LogP contribution in [0.4, 0.5) is 0 Å². The van der Waals surface area contributed by atoms with Crippen LogP contribution in [0.1, 0.15) is 17.2 Å². The Hall–Kier alpha value is -2.33. The zero-order valence-corrected chi connectivity index (χ0v) is 11.1. The van der Waals surface area contributed by atoms with E-state index < -0.39 is 0 Å². The maximum absolute atomic E-state index is 9.74. The number of phenolic OH excluding ortho intramolecular Hbond substituents is 1. The fraction of sp³-hybridized carbons (Fsp3) is 0.188. The molecular formula is C16H17N3O. The van der Waals surface area contributed by atoms with Crippen molar-refractivity contribution in [2.45, 2.75) is 6.04 Å². The van der Waals surface area contributed by atoms with Crippen LogP contribution in [0.3, 0.4) is 0 Å². The van der Waals surface area contributed by atoms with Crippen molar-refractivity contribution in [1.29, 1.82) is 0 Å². The van der Waals surface area contributed by atoms with E-state index in [-0.39, 0.29) is 11.8 Å². The molecule has 2 aromatic carbocycles. The van der Waals surface area contributed by atoms with Crippen molar-refractivity contribution in [3.63, 3.8) is 0 Å². The van der Waals surface area contributed by atoms with Crippen LogP contribution in [-0.2, 0) is 0 Å². The second kappa shape index (κ2) is 5.75. The Morgan fingerprint density at radius 3 is 2.65 bits per heavy atom. The molecule has 0 aliphatic carbocycles. The lowest BCUT2D eigenvalue weighted by Crippen LogP contribution is -2.19. The zero-order valence-electron chi connectivity index (χ0n) is 11.1. The van der Waals surface area contributed by atoms with Gasteiger partial charge in [0.2, 0.25) is 0 Å². The first-order chi connectivity index (χ1) is 9.84. The van der Waals surface area contributed by atoms with Crippen LogP contribution in [0, 0.1) is 0 Å². The second-order valence-corrected chi connectivity index (χ2v) is 4.78. The Balaban J connectivity index is 1.78. The monoisotopic (exact) mass is 267 g/mol. The van der Waals surface area contributed by atoms with Crippen molar-refractivity contribution in [1.82, 2.24) is 10.3 Å². The molecule has 3 rings (SSSR count). The summed E-state index contributed by atoms with van der Waals surface area (Å²) in [5, 5.41) is 19.6. The topological polar surface area (TPSA) is 47.9 Å². The molecule has 1 fully saturated rings. The van der Waals surface area contributed by atoms with Crippen LogP contribution in [0.25, 0.3) is 0 Å². The molecule has 1 saturated heterocycles. The molecule has 0 spiro atoms. The van der Waals surface area contributed by atoms with Gasteiger partial charge in [-0.2, -0.15) is 5.10 Å². The van der Waals surface area contributed by atoms with E-state index in [1.54, 1.807) is 18.3 Å². The van der Waals surface area contributed by atoms with Crippen LogP contribution in [-0.4, -0.2) is 29.5 Å². The average Bonchev–Trinajstić information content (AvgIpc) is 2.96. The zero-order chi connectivity index (χ0) is 13.8. The predicted molar refractivity (Wildman–Crippen MR) is 79.6 cm³/mol. The van der Waals surface area contributed by atoms with Gasteiger partial charge in [-0.15, -0.1) is 0 Å². The van der Waals surface area contributed by atoms with Gasteiger partial charge >= 0.3 is 0 Å². The Kier molecular flexibility index (Phi) is 3.65. The molecule has 2 N–H and O–H groups in total. The molecule has 20 heavy (non-hydrogen) atoms. The maximum Gasteiger partial charge on any atom is 0.124 e. The molecule has 0 saturated carbocycles. The Morgan fingerprint density at radius 2 is 1.85 bits per heavy atom. The van der Waals surface area contributed by atoms with Gasteiger partial charge in [0.1, 0.15) is 5.75 Å². The number of benzene rings is 2. The molecule has 102 valence electrons. The number of phenols is 1. The van der Waals surface area contributed by atoms with E-state index in [4.69, 9.17) is 0 Å². The first-order valence-electron chi connectivity index (χ1n) is 6.69. The molecule has 0 amide bonds. The van der Waals surface area contributed by atoms with Crippen LogP contribution in [0.5, 0.6) is 5.75 Å². The summed E-state index contributed by atoms with van der Waals surface area (Å²) in [4.78, 5) is 0. The average molecular weight is 267 g/mol. The van der Waals surface area contributed by atoms with E-state index >= 15 is 0 Å². The van der Waals surface area contributed by atoms with Crippen LogP contribution < -0.4 is 5.32 Å². The minimum Gasteiger partial charge on any atom is -0.507 e. The van der Waals surface area contributed by atoms with Crippen LogP contribution >= 0.6 is 0 Å². The highest BCUT2D eigenvalue weighted by Crippen LogP contribution is 2.23. The van der Waals surface area contributed by atoms with Crippen molar-refractivity contribution in [3.05, 3.63) is 65.7 Å². The van der Waals surface area contributed by atoms with Crippen molar-refractivity contribution < 1.29 is 5.11 Å². The largest absolute Gasteiger partial charge is 0.507 e. The Bertz CT molecular complexity index is 598. The van der Waals surface area contributed by atoms with Gasteiger partial charge < -0.3 is 5.11 Å². The van der Waals surface area contributed by atoms with Gasteiger partial charge in [-0.3, -0.25) is 10.3 Å². The van der Waals surface area contributed by atoms with E-state index in [1.807, 2.05) is 35.3 Å². The van der Waals surface area contributed by atoms with Crippen molar-refractivity contribution in [2.75, 3.05) is 13.2 Å². The number of hydrazone groups is 1. The molecule has 1 atom stereocenters. The first kappa shape index (κ1) is 12.7. The molecule has 2 aromatic rings. The number of rotatable bonds is 3. The molecule has 0 bridgehead atoms. The standard InChI is InChI=1S/C16H17N3O/c20-16-9-5-4-8-14(16)10-18-19-12-17-11-15(19)13-6-2-1-3-7-13/h1-10,15,17,20H,11-12H2. The van der Waals surface area contributed by atoms with Crippen molar-refractivity contribution in [2.24, 2.45) is 5.10 Å². The summed E-state index contributed by atoms with van der Waals surface area (Å²) in [6.45, 7) is 1.59. The smallest absolute Gasteiger partial charge is 0.124 e. The fourth-order valence-corrected chi connectivity index (χ4v) is 2.35. The number of aromatic hydroxyl groups is 1. The molecule has 1 unspecified atom stereocenters. The molecule has 4 nitrogen and oxygen atoms in total. The third-order valence-corrected chi connectivity index (χ3v) is 3.44. The van der Waals surface area contributed by atoms with Crippen LogP contribution in [0.15, 0.2) is 59.7 Å². The summed E-state index contributed by atoms with van der Waals surface area (Å²) in [5.74, 6) is 0.250. The van der Waals surface area contributed by atoms with Gasteiger partial charge in [-0.05, 0) is 17.7 Å². The first-order valence-corrected chi connectivity index (χ1v) is 6.69. The van der Waals surface area contributed by atoms with Gasteiger partial charge in [-0.25, -0.2) is 0 Å². The normalized spacial score (nSPS) is 18.8. The lowest BCUT2D eigenvalue weighted by molar-refractivity contribution is 0.276. The number of para-hydroxylation sites is 1. The third kappa shape index (κ3) is 2.65. The van der Waals surface area contributed by atoms with E-state index in [0.717, 1.165) is 12.1 Å². The van der Waals surface area contributed by atoms with Gasteiger partial charge in [0.05, 0.1) is 18.9 Å². The van der Waals surface area contributed by atoms with Crippen molar-refractivity contribution in [3.8, 4) is 5.75 Å². The Labute approximate surface area is 118 Å². The van der Waals surface area contributed by atoms with E-state index in [1.165, 1.54) is 5.56 Å². The fourth-order valence-electron chi connectivity index (χ4n) is 2.35. The maximum atomic E-state index is 9.74. The summed E-state index contributed by atoms with van der Waals surface area (Å²) in [7, 11) is 0. The van der Waals surface area contributed by atoms with Gasteiger partial charge in [-0.1, -0.05) is 42.5 Å². The summed E-state index contributed by atoms with van der Waals surface area (Å²) >= 11 is 0. The molecule has 1 aliphatic heterocycles. The summed E-state index contributed by atoms with van der Waals surface area (Å²) in [6.07, 6.45) is 1.71. The molecule has 1 aliphatic rings. The summed E-state index contributed by atoms with van der Waals surface area (Å²) < 4.78 is 0. The minimum absolute atomic E-state index is 0.235. The number of hydrogen-bond acceptors (Lipinski definition) is 4. The van der Waals surface area contributed by atoms with E-state index in [9.17, 15) is 5.11 Å². The van der Waals surface area contributed by atoms with Gasteiger partial charge in [0.25, 0.3) is 0 Å². The lowest BCUT2D eigenvalue weighted by Gasteiger charge is -2.20. The number of nitrogens with one attached hydrogen (secondary N) is 1. The predicted octanol–water partition coefficient (Wildman–Crippen LogP) is 2.33. The number of nitrogens with zero attached hydrogens (tertiary/aromatic N) is 2. The van der Waals surface area contributed by atoms with E-state index in [0.29, 0.717) is 6.67 Å². The van der Waals surface area contributed by atoms with Gasteiger partial charge in [0, 0.05) is 12.1 Å². The second-order valence-electron chi connectivity index (χ2n) is 4.78. The quantitative estimate of drug-likeness (QED) is 0.839. The highest BCUT2D eigenvalue weighted by molar-refractivity contribution is 5.83. The Morgan fingerprint density at radius 1 is 1.10 bits per heavy atom. The summed E-state index contributed by atoms with van der Waals surface area (Å²) in [5.41, 5.74) is 1.97. The molecule has 0 aromatic heterocycles. The molecule has 0 radical (unpaired) electrons. The number of hydrogen-bond donors (Lipinski definition) is 2.